The summed E-state index contributed by atoms with van der Waals surface area (Å²) in [5.74, 6) is -0.794. The molecule has 4 heterocycles. The van der Waals surface area contributed by atoms with E-state index in [2.05, 4.69) is 0 Å². The quantitative estimate of drug-likeness (QED) is 0.547. The van der Waals surface area contributed by atoms with Crippen molar-refractivity contribution < 1.29 is 22.7 Å². The highest BCUT2D eigenvalue weighted by Gasteiger charge is 2.55. The van der Waals surface area contributed by atoms with E-state index in [1.807, 2.05) is 13.8 Å². The van der Waals surface area contributed by atoms with Gasteiger partial charge in [-0.1, -0.05) is 12.1 Å². The molecule has 31 heavy (non-hydrogen) atoms. The number of nitrogens with zero attached hydrogens (tertiary/aromatic N) is 3. The van der Waals surface area contributed by atoms with Gasteiger partial charge in [-0.2, -0.15) is 0 Å². The van der Waals surface area contributed by atoms with Crippen LogP contribution < -0.4 is 4.90 Å². The summed E-state index contributed by atoms with van der Waals surface area (Å²) in [7, 11) is 0. The number of carbonyl (C=O) groups excluding carboxylic acids is 2. The maximum atomic E-state index is 15.7. The predicted molar refractivity (Wildman–Crippen MR) is 116 cm³/mol. The first-order valence-electron chi connectivity index (χ1n) is 10.1. The van der Waals surface area contributed by atoms with Crippen LogP contribution in [0.4, 0.5) is 14.3 Å². The Labute approximate surface area is 178 Å². The number of allylic oxidation sites excluding steroid dienone is 2. The number of aromatic nitrogens is 1. The van der Waals surface area contributed by atoms with Gasteiger partial charge in [0, 0.05) is 36.4 Å². The average Bonchev–Trinajstić information content (AvgIpc) is 3.30. The number of rotatable bonds is 2. The smallest absolute Gasteiger partial charge is 0.393 e. The number of hydrogen-bond donors (Lipinski definition) is 0. The number of hydrogen-bond acceptors (Lipinski definition) is 2. The molecule has 1 aromatic carbocycles. The van der Waals surface area contributed by atoms with Gasteiger partial charge in [-0.15, -0.1) is 0 Å². The van der Waals surface area contributed by atoms with Gasteiger partial charge in [0.05, 0.1) is 11.3 Å². The number of aryl methyl sites for hydroxylation is 2. The standard InChI is InChI=1S/C23H20BF2N3O2/c1-13-11-15(3)28-22(13)21(23-14(2)12-16(4)29(23)24(28,25)26)17-5-7-18(8-6-17)27-19(30)9-10-20(27)31/h5-12H,1-4H3. The number of amides is 2. The SMILES string of the molecule is CC1=CC(C)=[N+]2C1=C(c1ccc(N3C(=O)C=CC3=O)cc1)c1c(C)cc(C)n1[B-]2(F)F. The largest absolute Gasteiger partial charge is 0.737 e. The van der Waals surface area contributed by atoms with Gasteiger partial charge in [0.1, 0.15) is 5.71 Å². The van der Waals surface area contributed by atoms with E-state index in [1.165, 1.54) is 12.2 Å². The monoisotopic (exact) mass is 419 g/mol. The van der Waals surface area contributed by atoms with Crippen LogP contribution in [0.3, 0.4) is 0 Å². The molecule has 0 radical (unpaired) electrons. The van der Waals surface area contributed by atoms with E-state index in [0.717, 1.165) is 30.6 Å². The number of benzene rings is 1. The van der Waals surface area contributed by atoms with Crippen molar-refractivity contribution >= 4 is 35.8 Å². The maximum Gasteiger partial charge on any atom is 0.737 e. The van der Waals surface area contributed by atoms with Crippen LogP contribution in [0.1, 0.15) is 36.4 Å². The second-order valence-electron chi connectivity index (χ2n) is 8.23. The zero-order valence-electron chi connectivity index (χ0n) is 17.6. The first-order valence-corrected chi connectivity index (χ1v) is 10.1. The molecule has 5 nitrogen and oxygen atoms in total. The number of fused-ring (bicyclic) bond motifs is 2. The minimum absolute atomic E-state index is 0.397. The van der Waals surface area contributed by atoms with Crippen molar-refractivity contribution in [2.75, 3.05) is 4.90 Å². The Morgan fingerprint density at radius 2 is 1.55 bits per heavy atom. The van der Waals surface area contributed by atoms with Crippen LogP contribution in [-0.4, -0.2) is 33.5 Å². The Kier molecular flexibility index (Phi) is 3.90. The molecule has 3 aliphatic heterocycles. The Bertz CT molecular complexity index is 1310. The van der Waals surface area contributed by atoms with E-state index in [9.17, 15) is 9.59 Å². The zero-order chi connectivity index (χ0) is 22.2. The van der Waals surface area contributed by atoms with Gasteiger partial charge in [-0.3, -0.25) is 9.59 Å². The van der Waals surface area contributed by atoms with Crippen LogP contribution in [0.25, 0.3) is 5.57 Å². The summed E-state index contributed by atoms with van der Waals surface area (Å²) in [6.07, 6.45) is 4.24. The van der Waals surface area contributed by atoms with Crippen LogP contribution in [0, 0.1) is 13.8 Å². The first-order chi connectivity index (χ1) is 14.6. The van der Waals surface area contributed by atoms with Crippen molar-refractivity contribution in [3.63, 3.8) is 0 Å². The molecule has 2 aromatic rings. The minimum Gasteiger partial charge on any atom is -0.393 e. The van der Waals surface area contributed by atoms with E-state index >= 15 is 8.63 Å². The molecule has 0 fully saturated rings. The highest BCUT2D eigenvalue weighted by Crippen LogP contribution is 2.44. The molecule has 5 rings (SSSR count). The van der Waals surface area contributed by atoms with Crippen molar-refractivity contribution in [1.82, 2.24) is 4.48 Å². The second kappa shape index (κ2) is 6.23. The van der Waals surface area contributed by atoms with Gasteiger partial charge in [0.25, 0.3) is 11.8 Å². The third kappa shape index (κ3) is 2.51. The molecule has 0 N–H and O–H groups in total. The average molecular weight is 419 g/mol. The van der Waals surface area contributed by atoms with Gasteiger partial charge in [0.2, 0.25) is 0 Å². The highest BCUT2D eigenvalue weighted by atomic mass is 19.2. The third-order valence-corrected chi connectivity index (χ3v) is 6.16. The first kappa shape index (κ1) is 19.4. The lowest BCUT2D eigenvalue weighted by molar-refractivity contribution is -0.363. The minimum atomic E-state index is -4.03. The van der Waals surface area contributed by atoms with Crippen molar-refractivity contribution in [3.05, 3.63) is 82.3 Å². The van der Waals surface area contributed by atoms with Crippen LogP contribution in [0.5, 0.6) is 0 Å². The number of halogens is 2. The molecule has 0 saturated heterocycles. The van der Waals surface area contributed by atoms with E-state index < -0.39 is 18.8 Å². The molecule has 3 aliphatic rings. The lowest BCUT2D eigenvalue weighted by Gasteiger charge is -2.34. The lowest BCUT2D eigenvalue weighted by Crippen LogP contribution is -2.51. The van der Waals surface area contributed by atoms with Crippen molar-refractivity contribution in [2.24, 2.45) is 0 Å². The Morgan fingerprint density at radius 1 is 0.935 bits per heavy atom. The Balaban J connectivity index is 1.74. The fourth-order valence-electron chi connectivity index (χ4n) is 5.00. The summed E-state index contributed by atoms with van der Waals surface area (Å²) in [6, 6.07) is 8.68. The van der Waals surface area contributed by atoms with Gasteiger partial charge in [-0.05, 0) is 55.8 Å². The number of imide groups is 1. The van der Waals surface area contributed by atoms with Gasteiger partial charge >= 0.3 is 6.97 Å². The van der Waals surface area contributed by atoms with Gasteiger partial charge < -0.3 is 17.6 Å². The summed E-state index contributed by atoms with van der Waals surface area (Å²) < 4.78 is 33.6. The van der Waals surface area contributed by atoms with Gasteiger partial charge in [-0.25, -0.2) is 4.90 Å². The van der Waals surface area contributed by atoms with Crippen molar-refractivity contribution in [3.8, 4) is 0 Å². The fourth-order valence-corrected chi connectivity index (χ4v) is 5.00. The topological polar surface area (TPSA) is 45.3 Å². The summed E-state index contributed by atoms with van der Waals surface area (Å²) >= 11 is 0. The van der Waals surface area contributed by atoms with Crippen LogP contribution >= 0.6 is 0 Å². The summed E-state index contributed by atoms with van der Waals surface area (Å²) in [6.45, 7) is 3.05. The number of carbonyl (C=O) groups is 2. The van der Waals surface area contributed by atoms with Crippen molar-refractivity contribution in [2.45, 2.75) is 27.7 Å². The summed E-state index contributed by atoms with van der Waals surface area (Å²) in [5, 5.41) is 0. The highest BCUT2D eigenvalue weighted by molar-refractivity contribution is 6.58. The molecule has 0 aliphatic carbocycles. The van der Waals surface area contributed by atoms with Crippen molar-refractivity contribution in [1.29, 1.82) is 0 Å². The molecule has 0 saturated carbocycles. The molecule has 0 unspecified atom stereocenters. The summed E-state index contributed by atoms with van der Waals surface area (Å²) in [5.41, 5.74) is 5.46. The summed E-state index contributed by atoms with van der Waals surface area (Å²) in [4.78, 5) is 25.1. The normalized spacial score (nSPS) is 19.4. The van der Waals surface area contributed by atoms with Gasteiger partial charge in [0.15, 0.2) is 5.70 Å². The van der Waals surface area contributed by atoms with E-state index in [0.29, 0.717) is 34.1 Å². The van der Waals surface area contributed by atoms with E-state index in [4.69, 9.17) is 0 Å². The Morgan fingerprint density at radius 3 is 2.16 bits per heavy atom. The maximum absolute atomic E-state index is 15.7. The number of anilines is 1. The van der Waals surface area contributed by atoms with E-state index in [1.54, 1.807) is 50.3 Å². The molecule has 0 atom stereocenters. The predicted octanol–water partition coefficient (Wildman–Crippen LogP) is 3.96. The molecular formula is C23H20BF2N3O2. The third-order valence-electron chi connectivity index (χ3n) is 6.16. The lowest BCUT2D eigenvalue weighted by atomic mass is 9.84. The second-order valence-corrected chi connectivity index (χ2v) is 8.23. The molecule has 0 bridgehead atoms. The molecule has 1 aromatic heterocycles. The fraction of sp³-hybridized carbons (Fsp3) is 0.174. The van der Waals surface area contributed by atoms with Crippen LogP contribution in [0.2, 0.25) is 0 Å². The molecular weight excluding hydrogens is 399 g/mol. The van der Waals surface area contributed by atoms with Crippen LogP contribution in [-0.2, 0) is 9.59 Å². The molecule has 156 valence electrons. The molecule has 0 spiro atoms. The molecule has 2 amide bonds. The van der Waals surface area contributed by atoms with E-state index in [-0.39, 0.29) is 0 Å². The molecule has 8 heteroatoms. The van der Waals surface area contributed by atoms with Crippen LogP contribution in [0.15, 0.2) is 59.8 Å². The Hall–Kier alpha value is -3.55. The zero-order valence-corrected chi connectivity index (χ0v) is 17.6.